The first-order valence-electron chi connectivity index (χ1n) is 9.66. The number of oxazole rings is 1. The van der Waals surface area contributed by atoms with Gasteiger partial charge in [0.15, 0.2) is 5.58 Å². The average molecular weight is 473 g/mol. The van der Waals surface area contributed by atoms with Crippen LogP contribution in [0.3, 0.4) is 0 Å². The molecule has 0 aliphatic rings. The molecule has 0 aliphatic carbocycles. The number of para-hydroxylation sites is 1. The maximum atomic E-state index is 12.7. The van der Waals surface area contributed by atoms with Gasteiger partial charge in [0.25, 0.3) is 5.91 Å². The second-order valence-electron chi connectivity index (χ2n) is 7.00. The molecule has 0 aliphatic heterocycles. The van der Waals surface area contributed by atoms with Gasteiger partial charge in [-0.3, -0.25) is 4.79 Å². The van der Waals surface area contributed by atoms with Gasteiger partial charge in [0, 0.05) is 15.7 Å². The van der Waals surface area contributed by atoms with Crippen LogP contribution >= 0.6 is 15.9 Å². The summed E-state index contributed by atoms with van der Waals surface area (Å²) >= 11 is 3.60. The molecule has 0 saturated heterocycles. The van der Waals surface area contributed by atoms with Crippen molar-refractivity contribution in [3.63, 3.8) is 0 Å². The van der Waals surface area contributed by atoms with Crippen molar-refractivity contribution < 1.29 is 13.9 Å². The van der Waals surface area contributed by atoms with Crippen molar-refractivity contribution in [1.82, 2.24) is 4.98 Å². The zero-order chi connectivity index (χ0) is 21.4. The fourth-order valence-corrected chi connectivity index (χ4v) is 4.11. The van der Waals surface area contributed by atoms with Crippen LogP contribution in [-0.2, 0) is 0 Å². The fraction of sp³-hybridized carbons (Fsp3) is 0.0400. The Balaban J connectivity index is 1.50. The number of methoxy groups -OCH3 is 1. The normalized spacial score (nSPS) is 11.0. The number of aromatic nitrogens is 1. The molecular formula is C25H17BrN2O3. The van der Waals surface area contributed by atoms with Crippen molar-refractivity contribution in [2.75, 3.05) is 12.4 Å². The highest BCUT2D eigenvalue weighted by Crippen LogP contribution is 2.34. The van der Waals surface area contributed by atoms with Crippen molar-refractivity contribution in [3.8, 4) is 17.2 Å². The third-order valence-electron chi connectivity index (χ3n) is 5.10. The van der Waals surface area contributed by atoms with Crippen LogP contribution in [0.25, 0.3) is 33.3 Å². The second-order valence-corrected chi connectivity index (χ2v) is 7.85. The first-order valence-corrected chi connectivity index (χ1v) is 10.5. The number of amides is 1. The minimum Gasteiger partial charge on any atom is -0.496 e. The summed E-state index contributed by atoms with van der Waals surface area (Å²) in [5.74, 6) is 0.804. The number of carbonyl (C=O) groups excluding carboxylic acids is 1. The van der Waals surface area contributed by atoms with Gasteiger partial charge in [0.05, 0.1) is 12.7 Å². The maximum Gasteiger partial charge on any atom is 0.259 e. The highest BCUT2D eigenvalue weighted by Gasteiger charge is 2.15. The van der Waals surface area contributed by atoms with Crippen molar-refractivity contribution in [3.05, 3.63) is 88.9 Å². The molecule has 1 N–H and O–H groups in total. The van der Waals surface area contributed by atoms with Crippen molar-refractivity contribution in [2.24, 2.45) is 0 Å². The molecule has 152 valence electrons. The first-order chi connectivity index (χ1) is 15.1. The highest BCUT2D eigenvalue weighted by atomic mass is 79.9. The van der Waals surface area contributed by atoms with Crippen molar-refractivity contribution in [2.45, 2.75) is 0 Å². The summed E-state index contributed by atoms with van der Waals surface area (Å²) in [5.41, 5.74) is 3.32. The van der Waals surface area contributed by atoms with Gasteiger partial charge in [-0.2, -0.15) is 0 Å². The van der Waals surface area contributed by atoms with E-state index in [-0.39, 0.29) is 5.91 Å². The Bertz CT molecular complexity index is 1440. The minimum atomic E-state index is -0.251. The van der Waals surface area contributed by atoms with Gasteiger partial charge in [-0.15, -0.1) is 0 Å². The maximum absolute atomic E-state index is 12.7. The number of fused-ring (bicyclic) bond motifs is 2. The van der Waals surface area contributed by atoms with Crippen molar-refractivity contribution >= 4 is 49.4 Å². The monoisotopic (exact) mass is 472 g/mol. The lowest BCUT2D eigenvalue weighted by atomic mass is 10.0. The summed E-state index contributed by atoms with van der Waals surface area (Å²) in [4.78, 5) is 17.4. The van der Waals surface area contributed by atoms with Crippen LogP contribution in [0.4, 0.5) is 5.69 Å². The van der Waals surface area contributed by atoms with Crippen molar-refractivity contribution in [1.29, 1.82) is 0 Å². The van der Waals surface area contributed by atoms with E-state index >= 15 is 0 Å². The topological polar surface area (TPSA) is 64.4 Å². The third-order valence-corrected chi connectivity index (χ3v) is 5.79. The Hall–Kier alpha value is -3.64. The predicted molar refractivity (Wildman–Crippen MR) is 126 cm³/mol. The summed E-state index contributed by atoms with van der Waals surface area (Å²) in [6, 6.07) is 24.6. The zero-order valence-electron chi connectivity index (χ0n) is 16.6. The van der Waals surface area contributed by atoms with E-state index in [0.29, 0.717) is 34.0 Å². The molecule has 1 heterocycles. The lowest BCUT2D eigenvalue weighted by molar-refractivity contribution is 0.102. The largest absolute Gasteiger partial charge is 0.496 e. The molecule has 6 heteroatoms. The molecule has 0 unspecified atom stereocenters. The summed E-state index contributed by atoms with van der Waals surface area (Å²) < 4.78 is 12.3. The van der Waals surface area contributed by atoms with E-state index < -0.39 is 0 Å². The predicted octanol–water partition coefficient (Wildman–Crippen LogP) is 6.67. The zero-order valence-corrected chi connectivity index (χ0v) is 18.1. The summed E-state index contributed by atoms with van der Waals surface area (Å²) in [6.07, 6.45) is 0. The molecule has 5 aromatic rings. The van der Waals surface area contributed by atoms with Crippen LogP contribution in [0.1, 0.15) is 10.4 Å². The lowest BCUT2D eigenvalue weighted by Gasteiger charge is -2.08. The van der Waals surface area contributed by atoms with E-state index in [1.54, 1.807) is 37.4 Å². The Morgan fingerprint density at radius 3 is 2.65 bits per heavy atom. The Kier molecular flexibility index (Phi) is 4.92. The summed E-state index contributed by atoms with van der Waals surface area (Å²) in [5, 5.41) is 5.04. The van der Waals surface area contributed by atoms with Crippen LogP contribution in [0.15, 0.2) is 87.8 Å². The number of anilines is 1. The molecule has 0 saturated carbocycles. The molecule has 5 rings (SSSR count). The van der Waals surface area contributed by atoms with Gasteiger partial charge in [0.2, 0.25) is 5.89 Å². The molecule has 0 atom stereocenters. The van der Waals surface area contributed by atoms with Gasteiger partial charge in [0.1, 0.15) is 11.3 Å². The number of halogens is 1. The van der Waals surface area contributed by atoms with E-state index in [0.717, 1.165) is 20.8 Å². The first kappa shape index (κ1) is 19.3. The third kappa shape index (κ3) is 3.55. The molecule has 0 fully saturated rings. The number of hydrogen-bond donors (Lipinski definition) is 1. The van der Waals surface area contributed by atoms with Crippen LogP contribution in [0.2, 0.25) is 0 Å². The number of nitrogens with zero attached hydrogens (tertiary/aromatic N) is 1. The van der Waals surface area contributed by atoms with Crippen LogP contribution in [0.5, 0.6) is 5.75 Å². The molecule has 4 aromatic carbocycles. The van der Waals surface area contributed by atoms with Crippen LogP contribution in [-0.4, -0.2) is 18.0 Å². The van der Waals surface area contributed by atoms with Gasteiger partial charge < -0.3 is 14.5 Å². The Labute approximate surface area is 186 Å². The van der Waals surface area contributed by atoms with Crippen LogP contribution in [0, 0.1) is 0 Å². The molecule has 31 heavy (non-hydrogen) atoms. The Morgan fingerprint density at radius 1 is 0.968 bits per heavy atom. The number of carbonyl (C=O) groups is 1. The molecule has 1 aromatic heterocycles. The summed E-state index contributed by atoms with van der Waals surface area (Å²) in [6.45, 7) is 0. The quantitative estimate of drug-likeness (QED) is 0.317. The lowest BCUT2D eigenvalue weighted by Crippen LogP contribution is -2.13. The molecular weight excluding hydrogens is 456 g/mol. The fourth-order valence-electron chi connectivity index (χ4n) is 3.61. The molecule has 0 radical (unpaired) electrons. The van der Waals surface area contributed by atoms with Gasteiger partial charge in [-0.1, -0.05) is 52.3 Å². The standard InChI is InChI=1S/C25H17BrN2O3/c1-30-22-11-3-2-6-19(22)24(29)27-15-12-13-23-21(14-15)28-25(31-23)18-9-4-8-17-16(18)7-5-10-20(17)26/h2-14H,1H3,(H,27,29). The highest BCUT2D eigenvalue weighted by molar-refractivity contribution is 9.10. The number of nitrogens with one attached hydrogen (secondary N) is 1. The smallest absolute Gasteiger partial charge is 0.259 e. The van der Waals surface area contributed by atoms with E-state index in [1.807, 2.05) is 42.5 Å². The number of ether oxygens (including phenoxy) is 1. The van der Waals surface area contributed by atoms with E-state index in [4.69, 9.17) is 9.15 Å². The van der Waals surface area contributed by atoms with Gasteiger partial charge >= 0.3 is 0 Å². The number of hydrogen-bond acceptors (Lipinski definition) is 4. The molecule has 1 amide bonds. The van der Waals surface area contributed by atoms with E-state index in [9.17, 15) is 4.79 Å². The van der Waals surface area contributed by atoms with E-state index in [2.05, 4.69) is 32.3 Å². The SMILES string of the molecule is COc1ccccc1C(=O)Nc1ccc2oc(-c3cccc4c(Br)cccc34)nc2c1. The van der Waals surface area contributed by atoms with E-state index in [1.165, 1.54) is 0 Å². The summed E-state index contributed by atoms with van der Waals surface area (Å²) in [7, 11) is 1.54. The molecule has 0 spiro atoms. The Morgan fingerprint density at radius 2 is 1.77 bits per heavy atom. The van der Waals surface area contributed by atoms with Gasteiger partial charge in [-0.25, -0.2) is 4.98 Å². The number of rotatable bonds is 4. The molecule has 5 nitrogen and oxygen atoms in total. The van der Waals surface area contributed by atoms with Crippen LogP contribution < -0.4 is 10.1 Å². The average Bonchev–Trinajstić information content (AvgIpc) is 3.22. The molecule has 0 bridgehead atoms. The second kappa shape index (κ2) is 7.89. The van der Waals surface area contributed by atoms with Gasteiger partial charge in [-0.05, 0) is 53.2 Å². The minimum absolute atomic E-state index is 0.251. The number of benzene rings is 4.